The molecule has 2 amide bonds. The molecule has 0 bridgehead atoms. The molecule has 0 fully saturated rings. The number of nitrogens with one attached hydrogen (secondary N) is 1. The molecular formula is C12H17IN2O2. The van der Waals surface area contributed by atoms with E-state index in [2.05, 4.69) is 27.9 Å². The number of likely N-dealkylation sites (N-methyl/N-ethyl adjacent to an activating group) is 1. The van der Waals surface area contributed by atoms with Gasteiger partial charge in [0.1, 0.15) is 0 Å². The van der Waals surface area contributed by atoms with Gasteiger partial charge < -0.3 is 15.3 Å². The van der Waals surface area contributed by atoms with E-state index in [0.717, 1.165) is 14.8 Å². The van der Waals surface area contributed by atoms with Gasteiger partial charge in [-0.3, -0.25) is 0 Å². The molecule has 0 aromatic heterocycles. The fraction of sp³-hybridized carbons (Fsp3) is 0.417. The fourth-order valence-corrected chi connectivity index (χ4v) is 1.94. The highest BCUT2D eigenvalue weighted by Gasteiger charge is 2.15. The molecule has 17 heavy (non-hydrogen) atoms. The van der Waals surface area contributed by atoms with E-state index in [1.54, 1.807) is 14.0 Å². The second kappa shape index (κ2) is 6.20. The molecule has 0 aliphatic rings. The Labute approximate surface area is 115 Å². The van der Waals surface area contributed by atoms with Crippen LogP contribution in [-0.4, -0.2) is 35.7 Å². The Kier molecular flexibility index (Phi) is 5.20. The normalized spacial score (nSPS) is 12.1. The third kappa shape index (κ3) is 3.85. The summed E-state index contributed by atoms with van der Waals surface area (Å²) in [5.74, 6) is 0. The Morgan fingerprint density at radius 3 is 2.76 bits per heavy atom. The Hall–Kier alpha value is -0.820. The third-order valence-electron chi connectivity index (χ3n) is 2.68. The maximum atomic E-state index is 11.9. The van der Waals surface area contributed by atoms with Crippen LogP contribution < -0.4 is 5.32 Å². The van der Waals surface area contributed by atoms with Gasteiger partial charge in [-0.2, -0.15) is 0 Å². The Morgan fingerprint density at radius 2 is 2.24 bits per heavy atom. The summed E-state index contributed by atoms with van der Waals surface area (Å²) in [7, 11) is 1.66. The van der Waals surface area contributed by atoms with Crippen molar-refractivity contribution in [3.8, 4) is 0 Å². The highest BCUT2D eigenvalue weighted by molar-refractivity contribution is 14.1. The number of anilines is 1. The van der Waals surface area contributed by atoms with Crippen LogP contribution in [0.3, 0.4) is 0 Å². The predicted molar refractivity (Wildman–Crippen MR) is 77.2 cm³/mol. The topological polar surface area (TPSA) is 52.6 Å². The Morgan fingerprint density at radius 1 is 1.59 bits per heavy atom. The van der Waals surface area contributed by atoms with Gasteiger partial charge in [-0.25, -0.2) is 4.79 Å². The summed E-state index contributed by atoms with van der Waals surface area (Å²) in [5, 5.41) is 11.8. The number of aliphatic hydroxyl groups excluding tert-OH is 1. The molecule has 2 N–H and O–H groups in total. The lowest BCUT2D eigenvalue weighted by molar-refractivity contribution is 0.166. The Balaban J connectivity index is 2.74. The number of urea groups is 1. The van der Waals surface area contributed by atoms with E-state index in [9.17, 15) is 4.79 Å². The summed E-state index contributed by atoms with van der Waals surface area (Å²) in [6, 6.07) is 5.42. The molecule has 0 saturated heterocycles. The van der Waals surface area contributed by atoms with Gasteiger partial charge in [0.2, 0.25) is 0 Å². The van der Waals surface area contributed by atoms with Crippen LogP contribution in [0.2, 0.25) is 0 Å². The van der Waals surface area contributed by atoms with E-state index in [0.29, 0.717) is 0 Å². The number of hydrogen-bond donors (Lipinski definition) is 2. The average Bonchev–Trinajstić information content (AvgIpc) is 2.30. The van der Waals surface area contributed by atoms with Crippen LogP contribution >= 0.6 is 22.6 Å². The lowest BCUT2D eigenvalue weighted by Crippen LogP contribution is -2.40. The number of benzene rings is 1. The lowest BCUT2D eigenvalue weighted by atomic mass is 10.2. The van der Waals surface area contributed by atoms with Crippen LogP contribution in [0.4, 0.5) is 10.5 Å². The van der Waals surface area contributed by atoms with E-state index in [1.807, 2.05) is 25.1 Å². The average molecular weight is 348 g/mol. The molecule has 0 aliphatic heterocycles. The van der Waals surface area contributed by atoms with E-state index < -0.39 is 0 Å². The third-order valence-corrected chi connectivity index (χ3v) is 3.35. The van der Waals surface area contributed by atoms with Crippen molar-refractivity contribution in [2.75, 3.05) is 19.0 Å². The van der Waals surface area contributed by atoms with Crippen LogP contribution in [0, 0.1) is 10.5 Å². The molecule has 0 heterocycles. The number of carbonyl (C=O) groups is 1. The monoisotopic (exact) mass is 348 g/mol. The van der Waals surface area contributed by atoms with E-state index in [1.165, 1.54) is 4.90 Å². The van der Waals surface area contributed by atoms with Crippen molar-refractivity contribution in [1.82, 2.24) is 4.90 Å². The van der Waals surface area contributed by atoms with E-state index >= 15 is 0 Å². The second-order valence-electron chi connectivity index (χ2n) is 4.03. The van der Waals surface area contributed by atoms with Gasteiger partial charge in [0, 0.05) is 16.3 Å². The highest BCUT2D eigenvalue weighted by atomic mass is 127. The van der Waals surface area contributed by atoms with Crippen molar-refractivity contribution in [3.63, 3.8) is 0 Å². The number of hydrogen-bond acceptors (Lipinski definition) is 2. The van der Waals surface area contributed by atoms with Crippen LogP contribution in [0.15, 0.2) is 18.2 Å². The van der Waals surface area contributed by atoms with Gasteiger partial charge in [0.25, 0.3) is 0 Å². The quantitative estimate of drug-likeness (QED) is 0.825. The van der Waals surface area contributed by atoms with Crippen LogP contribution in [0.1, 0.15) is 12.5 Å². The summed E-state index contributed by atoms with van der Waals surface area (Å²) < 4.78 is 1.13. The number of amides is 2. The number of rotatable bonds is 3. The first kappa shape index (κ1) is 14.2. The number of carbonyl (C=O) groups excluding carboxylic acids is 1. The van der Waals surface area contributed by atoms with Crippen LogP contribution in [0.5, 0.6) is 0 Å². The molecule has 0 saturated carbocycles. The van der Waals surface area contributed by atoms with Crippen molar-refractivity contribution in [1.29, 1.82) is 0 Å². The largest absolute Gasteiger partial charge is 0.394 e. The van der Waals surface area contributed by atoms with Crippen molar-refractivity contribution in [2.24, 2.45) is 0 Å². The van der Waals surface area contributed by atoms with Gasteiger partial charge in [-0.1, -0.05) is 0 Å². The van der Waals surface area contributed by atoms with Gasteiger partial charge in [0.05, 0.1) is 12.6 Å². The molecule has 4 nitrogen and oxygen atoms in total. The lowest BCUT2D eigenvalue weighted by Gasteiger charge is -2.23. The molecule has 0 radical (unpaired) electrons. The van der Waals surface area contributed by atoms with Crippen molar-refractivity contribution in [3.05, 3.63) is 27.3 Å². The molecule has 1 atom stereocenters. The molecular weight excluding hydrogens is 331 g/mol. The molecule has 1 unspecified atom stereocenters. The van der Waals surface area contributed by atoms with Gasteiger partial charge in [-0.15, -0.1) is 0 Å². The van der Waals surface area contributed by atoms with Crippen LogP contribution in [0.25, 0.3) is 0 Å². The number of nitrogens with zero attached hydrogens (tertiary/aromatic N) is 1. The second-order valence-corrected chi connectivity index (χ2v) is 5.28. The zero-order valence-electron chi connectivity index (χ0n) is 10.2. The minimum absolute atomic E-state index is 0.0460. The maximum absolute atomic E-state index is 11.9. The van der Waals surface area contributed by atoms with Gasteiger partial charge in [-0.05, 0) is 60.2 Å². The maximum Gasteiger partial charge on any atom is 0.321 e. The highest BCUT2D eigenvalue weighted by Crippen LogP contribution is 2.18. The number of aliphatic hydroxyl groups is 1. The molecule has 94 valence electrons. The Bertz CT molecular complexity index is 409. The molecule has 0 spiro atoms. The standard InChI is InChI=1S/C12H17IN2O2/c1-8-6-10(13)4-5-11(8)14-12(17)15(3)9(2)7-16/h4-6,9,16H,7H2,1-3H3,(H,14,17). The summed E-state index contributed by atoms with van der Waals surface area (Å²) in [4.78, 5) is 13.3. The summed E-state index contributed by atoms with van der Waals surface area (Å²) in [6.45, 7) is 3.70. The van der Waals surface area contributed by atoms with E-state index in [4.69, 9.17) is 5.11 Å². The first-order valence-electron chi connectivity index (χ1n) is 5.36. The number of aryl methyl sites for hydroxylation is 1. The molecule has 1 aromatic carbocycles. The van der Waals surface area contributed by atoms with Crippen molar-refractivity contribution in [2.45, 2.75) is 19.9 Å². The molecule has 1 aromatic rings. The summed E-state index contributed by atoms with van der Waals surface area (Å²) in [5.41, 5.74) is 1.82. The van der Waals surface area contributed by atoms with Gasteiger partial charge in [0.15, 0.2) is 0 Å². The first-order valence-corrected chi connectivity index (χ1v) is 6.44. The van der Waals surface area contributed by atoms with Gasteiger partial charge >= 0.3 is 6.03 Å². The van der Waals surface area contributed by atoms with E-state index in [-0.39, 0.29) is 18.7 Å². The SMILES string of the molecule is Cc1cc(I)ccc1NC(=O)N(C)C(C)CO. The summed E-state index contributed by atoms with van der Waals surface area (Å²) >= 11 is 2.23. The first-order chi connectivity index (χ1) is 7.95. The number of halogens is 1. The minimum atomic E-state index is -0.212. The smallest absolute Gasteiger partial charge is 0.321 e. The fourth-order valence-electron chi connectivity index (χ4n) is 1.29. The molecule has 5 heteroatoms. The zero-order chi connectivity index (χ0) is 13.0. The molecule has 0 aliphatic carbocycles. The summed E-state index contributed by atoms with van der Waals surface area (Å²) in [6.07, 6.45) is 0. The van der Waals surface area contributed by atoms with Crippen molar-refractivity contribution < 1.29 is 9.90 Å². The zero-order valence-corrected chi connectivity index (χ0v) is 12.4. The predicted octanol–water partition coefficient (Wildman–Crippen LogP) is 2.44. The van der Waals surface area contributed by atoms with Crippen molar-refractivity contribution >= 4 is 34.3 Å². The van der Waals surface area contributed by atoms with Crippen LogP contribution in [-0.2, 0) is 0 Å². The minimum Gasteiger partial charge on any atom is -0.394 e. The molecule has 1 rings (SSSR count).